The van der Waals surface area contributed by atoms with Crippen LogP contribution in [0.5, 0.6) is 34.5 Å². The van der Waals surface area contributed by atoms with Crippen LogP contribution in [0.3, 0.4) is 0 Å². The number of nitrogens with zero attached hydrogens (tertiary/aromatic N) is 4. The minimum atomic E-state index is -3.50. The number of carbonyl (C=O) groups excluding carboxylic acids is 5. The molecule has 0 saturated heterocycles. The number of esters is 3. The van der Waals surface area contributed by atoms with Gasteiger partial charge in [-0.2, -0.15) is 8.42 Å². The molecule has 0 unspecified atom stereocenters. The average Bonchev–Trinajstić information content (AvgIpc) is 1.64. The number of anilines is 2. The Balaban J connectivity index is 0.000000275. The smallest absolute Gasteiger partial charge is 0.343 e. The molecule has 11 rings (SSSR count). The number of rotatable bonds is 22. The van der Waals surface area contributed by atoms with E-state index >= 15 is 0 Å². The molecule has 7 aromatic rings. The van der Waals surface area contributed by atoms with Gasteiger partial charge in [-0.1, -0.05) is 70.3 Å². The van der Waals surface area contributed by atoms with E-state index in [0.29, 0.717) is 86.5 Å². The minimum Gasteiger partial charge on any atom is -0.493 e. The van der Waals surface area contributed by atoms with Crippen LogP contribution in [0.15, 0.2) is 137 Å². The molecule has 7 aromatic carbocycles. The molecule has 95 heavy (non-hydrogen) atoms. The molecule has 2 N–H and O–H groups in total. The first-order valence-electron chi connectivity index (χ1n) is 29.4. The summed E-state index contributed by atoms with van der Waals surface area (Å²) in [5.41, 5.74) is 11.1. The SMILES string of the molecule is C.C.CCc1cc(COS(C)(=O)=O)cc(OCC(=O)OC)c1.COC(=O)COc1cc(CO)cc(CO)c1.COC(=O)COc1cc(COc2cc3c(cc2C)C(=O)N2c4ccccc4C[C@H]2C=N3)cc(COc2cc3c(cc2OC)C(=O)N2c4ccccc4C[C@H]2C=N3)c1. The fourth-order valence-corrected chi connectivity index (χ4v) is 10.9. The lowest BCUT2D eigenvalue weighted by atomic mass is 10.1. The van der Waals surface area contributed by atoms with Crippen LogP contribution in [0, 0.1) is 6.92 Å². The first kappa shape index (κ1) is 72.3. The van der Waals surface area contributed by atoms with Crippen LogP contribution in [-0.2, 0) is 95.2 Å². The Morgan fingerprint density at radius 3 is 1.36 bits per heavy atom. The summed E-state index contributed by atoms with van der Waals surface area (Å²) in [6.07, 6.45) is 6.79. The summed E-state index contributed by atoms with van der Waals surface area (Å²) < 4.78 is 75.0. The molecule has 502 valence electrons. The zero-order valence-corrected chi connectivity index (χ0v) is 53.1. The van der Waals surface area contributed by atoms with Crippen molar-refractivity contribution in [1.82, 2.24) is 0 Å². The lowest BCUT2D eigenvalue weighted by molar-refractivity contribution is -0.143. The number of aliphatic hydroxyl groups excluding tert-OH is 2. The Bertz CT molecular complexity index is 4090. The van der Waals surface area contributed by atoms with Gasteiger partial charge < -0.3 is 52.8 Å². The highest BCUT2D eigenvalue weighted by Crippen LogP contribution is 2.42. The molecule has 4 aliphatic heterocycles. The number of carbonyl (C=O) groups is 5. The van der Waals surface area contributed by atoms with Gasteiger partial charge in [0.2, 0.25) is 0 Å². The molecule has 2 atom stereocenters. The van der Waals surface area contributed by atoms with Crippen molar-refractivity contribution in [2.24, 2.45) is 9.98 Å². The summed E-state index contributed by atoms with van der Waals surface area (Å²) in [6.45, 7) is 3.04. The van der Waals surface area contributed by atoms with E-state index in [4.69, 9.17) is 57.5 Å². The Morgan fingerprint density at radius 2 is 0.916 bits per heavy atom. The number of fused-ring (bicyclic) bond motifs is 8. The molecule has 0 spiro atoms. The topological polar surface area (TPSA) is 283 Å². The number of methoxy groups -OCH3 is 4. The van der Waals surface area contributed by atoms with Crippen LogP contribution in [-0.4, -0.2) is 127 Å². The monoisotopic (exact) mass is 1320 g/mol. The molecule has 0 bridgehead atoms. The summed E-state index contributed by atoms with van der Waals surface area (Å²) >= 11 is 0. The van der Waals surface area contributed by atoms with Crippen molar-refractivity contribution in [3.63, 3.8) is 0 Å². The summed E-state index contributed by atoms with van der Waals surface area (Å²) in [5, 5.41) is 18.0. The predicted octanol–water partition coefficient (Wildman–Crippen LogP) is 10.1. The molecule has 23 nitrogen and oxygen atoms in total. The van der Waals surface area contributed by atoms with Crippen molar-refractivity contribution in [2.45, 2.75) is 93.1 Å². The molecule has 2 amide bonds. The third-order valence-electron chi connectivity index (χ3n) is 15.1. The fraction of sp³-hybridized carbons (Fsp3) is 0.310. The molecule has 0 saturated carbocycles. The van der Waals surface area contributed by atoms with Crippen molar-refractivity contribution in [3.05, 3.63) is 189 Å². The van der Waals surface area contributed by atoms with Gasteiger partial charge in [0.1, 0.15) is 36.2 Å². The molecule has 4 heterocycles. The second kappa shape index (κ2) is 33.1. The fourth-order valence-electron chi connectivity index (χ4n) is 10.6. The van der Waals surface area contributed by atoms with Crippen molar-refractivity contribution >= 4 is 75.0 Å². The van der Waals surface area contributed by atoms with E-state index in [2.05, 4.69) is 9.47 Å². The van der Waals surface area contributed by atoms with E-state index in [-0.39, 0.29) is 91.6 Å². The van der Waals surface area contributed by atoms with Crippen LogP contribution in [0.2, 0.25) is 0 Å². The molecule has 4 aliphatic rings. The number of hydrogen-bond acceptors (Lipinski definition) is 21. The first-order valence-corrected chi connectivity index (χ1v) is 31.2. The number of aliphatic imine (C=N–C) groups is 2. The highest BCUT2D eigenvalue weighted by atomic mass is 32.2. The number of amides is 2. The normalized spacial score (nSPS) is 14.2. The first-order chi connectivity index (χ1) is 44.8. The number of benzene rings is 7. The van der Waals surface area contributed by atoms with E-state index in [0.717, 1.165) is 57.4 Å². The van der Waals surface area contributed by atoms with Crippen molar-refractivity contribution < 1.29 is 89.4 Å². The number of para-hydroxylation sites is 2. The predicted molar refractivity (Wildman–Crippen MR) is 357 cm³/mol. The maximum atomic E-state index is 13.9. The van der Waals surface area contributed by atoms with Crippen LogP contribution in [0.1, 0.15) is 92.6 Å². The highest BCUT2D eigenvalue weighted by Gasteiger charge is 2.38. The van der Waals surface area contributed by atoms with Crippen molar-refractivity contribution in [2.75, 3.05) is 64.3 Å². The maximum absolute atomic E-state index is 13.9. The Morgan fingerprint density at radius 1 is 0.516 bits per heavy atom. The van der Waals surface area contributed by atoms with E-state index < -0.39 is 28.0 Å². The van der Waals surface area contributed by atoms with Gasteiger partial charge in [-0.05, 0) is 130 Å². The van der Waals surface area contributed by atoms with Crippen LogP contribution in [0.25, 0.3) is 0 Å². The van der Waals surface area contributed by atoms with E-state index in [1.807, 2.05) is 97.9 Å². The van der Waals surface area contributed by atoms with Gasteiger partial charge in [-0.25, -0.2) is 14.4 Å². The summed E-state index contributed by atoms with van der Waals surface area (Å²) in [7, 11) is 1.87. The van der Waals surface area contributed by atoms with E-state index in [9.17, 15) is 32.4 Å². The van der Waals surface area contributed by atoms with E-state index in [1.54, 1.807) is 65.6 Å². The average molecular weight is 1320 g/mol. The second-order valence-electron chi connectivity index (χ2n) is 21.6. The van der Waals surface area contributed by atoms with Gasteiger partial charge in [0.05, 0.1) is 89.1 Å². The van der Waals surface area contributed by atoms with Gasteiger partial charge >= 0.3 is 17.9 Å². The summed E-state index contributed by atoms with van der Waals surface area (Å²) in [6, 6.07) is 38.1. The minimum absolute atomic E-state index is 0. The quantitative estimate of drug-likeness (QED) is 0.0362. The number of aryl methyl sites for hydroxylation is 2. The van der Waals surface area contributed by atoms with Gasteiger partial charge in [-0.3, -0.25) is 33.6 Å². The van der Waals surface area contributed by atoms with E-state index in [1.165, 1.54) is 28.4 Å². The molecule has 24 heteroatoms. The molecular weight excluding hydrogens is 1240 g/mol. The Labute approximate surface area is 552 Å². The van der Waals surface area contributed by atoms with Gasteiger partial charge in [0.15, 0.2) is 31.3 Å². The largest absolute Gasteiger partial charge is 0.493 e. The highest BCUT2D eigenvalue weighted by molar-refractivity contribution is 7.85. The number of hydrogen-bond donors (Lipinski definition) is 2. The standard InChI is InChI=1S/C45H38N4O8.C13H18O6S.C11H14O5.2CH4/c1-26-12-34-36(46-21-31-16-29-8-4-6-10-38(29)48(31)44(34)51)19-40(26)56-23-27-13-28(15-33(14-27)55-25-43(50)54-3)24-57-42-20-37-35(18-41(42)53-2)45(52)49-32(22-47-37)17-30-9-5-7-11-39(30)49;1-4-10-5-11(8-19-20(3,15)16)7-12(6-10)18-9-13(14)17-2;1-15-11(14)7-16-10-3-8(5-12)2-9(4-10)6-13;;/h4-15,18-22,31-32H,16-17,23-25H2,1-3H3;5-7H,4,8-9H2,1-3H3;2-4,12-13H,5-7H2,1H3;2*1H4/t31-,32-;;;;/m0..../s1. The molecule has 0 fully saturated rings. The second-order valence-corrected chi connectivity index (χ2v) is 23.3. The molecule has 0 aromatic heterocycles. The lowest BCUT2D eigenvalue weighted by Crippen LogP contribution is -2.37. The zero-order valence-electron chi connectivity index (χ0n) is 52.2. The van der Waals surface area contributed by atoms with Crippen LogP contribution < -0.4 is 38.2 Å². The Kier molecular flexibility index (Phi) is 25.2. The molecule has 0 radical (unpaired) electrons. The Hall–Kier alpha value is -10.1. The number of aliphatic hydroxyl groups is 2. The number of ether oxygens (including phenoxy) is 9. The molecular formula is C71H78N4O19S. The molecule has 0 aliphatic carbocycles. The van der Waals surface area contributed by atoms with Gasteiger partial charge in [0.25, 0.3) is 21.9 Å². The van der Waals surface area contributed by atoms with Gasteiger partial charge in [0, 0.05) is 48.8 Å². The maximum Gasteiger partial charge on any atom is 0.343 e. The summed E-state index contributed by atoms with van der Waals surface area (Å²) in [4.78, 5) is 74.6. The van der Waals surface area contributed by atoms with Gasteiger partial charge in [-0.15, -0.1) is 0 Å². The third kappa shape index (κ3) is 18.4. The van der Waals surface area contributed by atoms with Crippen LogP contribution in [0.4, 0.5) is 22.7 Å². The van der Waals surface area contributed by atoms with Crippen molar-refractivity contribution in [3.8, 4) is 34.5 Å². The lowest BCUT2D eigenvalue weighted by Gasteiger charge is -2.22. The van der Waals surface area contributed by atoms with Crippen LogP contribution >= 0.6 is 0 Å². The zero-order chi connectivity index (χ0) is 66.3. The third-order valence-corrected chi connectivity index (χ3v) is 15.6. The van der Waals surface area contributed by atoms with Crippen molar-refractivity contribution in [1.29, 1.82) is 0 Å². The summed E-state index contributed by atoms with van der Waals surface area (Å²) in [5.74, 6) is 0.927.